The van der Waals surface area contributed by atoms with Crippen molar-refractivity contribution in [2.75, 3.05) is 12.3 Å². The van der Waals surface area contributed by atoms with Gasteiger partial charge in [0, 0.05) is 9.92 Å². The summed E-state index contributed by atoms with van der Waals surface area (Å²) in [6.07, 6.45) is 2.09. The van der Waals surface area contributed by atoms with E-state index >= 15 is 0 Å². The van der Waals surface area contributed by atoms with E-state index in [1.807, 2.05) is 38.1 Å². The maximum absolute atomic E-state index is 11.5. The van der Waals surface area contributed by atoms with Crippen molar-refractivity contribution in [3.63, 3.8) is 0 Å². The molecule has 0 heterocycles. The molecule has 0 fully saturated rings. The number of carbonyl (C=O) groups is 1. The maximum atomic E-state index is 11.5. The van der Waals surface area contributed by atoms with E-state index in [1.54, 1.807) is 11.8 Å². The summed E-state index contributed by atoms with van der Waals surface area (Å²) in [5, 5.41) is 13.3. The van der Waals surface area contributed by atoms with Crippen LogP contribution in [0.5, 0.6) is 0 Å². The first kappa shape index (κ1) is 17.3. The SMILES string of the molecule is CCNC(CC)(CCCSc1cccc(Cl)c1)C(=O)O. The highest BCUT2D eigenvalue weighted by molar-refractivity contribution is 7.99. The van der Waals surface area contributed by atoms with Gasteiger partial charge >= 0.3 is 5.97 Å². The molecule has 0 aromatic heterocycles. The number of benzene rings is 1. The Morgan fingerprint density at radius 2 is 2.20 bits per heavy atom. The van der Waals surface area contributed by atoms with Crippen LogP contribution in [0, 0.1) is 0 Å². The molecule has 1 aromatic carbocycles. The quantitative estimate of drug-likeness (QED) is 0.533. The molecule has 1 rings (SSSR count). The number of carboxylic acids is 1. The molecule has 0 aliphatic rings. The minimum absolute atomic E-state index is 0.595. The second-order valence-electron chi connectivity index (χ2n) is 4.68. The Morgan fingerprint density at radius 1 is 1.45 bits per heavy atom. The molecule has 112 valence electrons. The summed E-state index contributed by atoms with van der Waals surface area (Å²) in [4.78, 5) is 12.6. The Kier molecular flexibility index (Phi) is 7.41. The van der Waals surface area contributed by atoms with Crippen LogP contribution in [0.1, 0.15) is 33.1 Å². The van der Waals surface area contributed by atoms with Gasteiger partial charge in [0.25, 0.3) is 0 Å². The van der Waals surface area contributed by atoms with Crippen molar-refractivity contribution in [1.29, 1.82) is 0 Å². The summed E-state index contributed by atoms with van der Waals surface area (Å²) in [7, 11) is 0. The molecule has 1 aromatic rings. The molecule has 0 saturated heterocycles. The predicted octanol–water partition coefficient (Wildman–Crippen LogP) is 4.06. The summed E-state index contributed by atoms with van der Waals surface area (Å²) in [5.74, 6) is 0.135. The zero-order valence-corrected chi connectivity index (χ0v) is 13.6. The lowest BCUT2D eigenvalue weighted by Gasteiger charge is -2.29. The molecule has 0 spiro atoms. The molecule has 2 N–H and O–H groups in total. The van der Waals surface area contributed by atoms with Crippen LogP contribution in [0.4, 0.5) is 0 Å². The van der Waals surface area contributed by atoms with E-state index in [0.29, 0.717) is 19.4 Å². The monoisotopic (exact) mass is 315 g/mol. The van der Waals surface area contributed by atoms with Gasteiger partial charge in [-0.15, -0.1) is 11.8 Å². The zero-order chi connectivity index (χ0) is 15.0. The minimum Gasteiger partial charge on any atom is -0.480 e. The van der Waals surface area contributed by atoms with Gasteiger partial charge in [-0.3, -0.25) is 4.79 Å². The highest BCUT2D eigenvalue weighted by Gasteiger charge is 2.34. The van der Waals surface area contributed by atoms with Crippen LogP contribution in [0.2, 0.25) is 5.02 Å². The molecule has 1 atom stereocenters. The normalized spacial score (nSPS) is 13.9. The van der Waals surface area contributed by atoms with Crippen LogP contribution in [0.3, 0.4) is 0 Å². The van der Waals surface area contributed by atoms with E-state index in [0.717, 1.165) is 22.1 Å². The van der Waals surface area contributed by atoms with E-state index in [2.05, 4.69) is 5.32 Å². The van der Waals surface area contributed by atoms with Gasteiger partial charge in [-0.1, -0.05) is 31.5 Å². The lowest BCUT2D eigenvalue weighted by Crippen LogP contribution is -2.51. The van der Waals surface area contributed by atoms with Crippen LogP contribution >= 0.6 is 23.4 Å². The molecule has 5 heteroatoms. The minimum atomic E-state index is -0.788. The van der Waals surface area contributed by atoms with Crippen molar-refractivity contribution in [2.24, 2.45) is 0 Å². The first-order valence-electron chi connectivity index (χ1n) is 6.91. The summed E-state index contributed by atoms with van der Waals surface area (Å²) in [5.41, 5.74) is -0.788. The average molecular weight is 316 g/mol. The molecule has 0 aliphatic heterocycles. The second kappa shape index (κ2) is 8.55. The number of hydrogen-bond donors (Lipinski definition) is 2. The Morgan fingerprint density at radius 3 is 2.75 bits per heavy atom. The molecular weight excluding hydrogens is 294 g/mol. The largest absolute Gasteiger partial charge is 0.480 e. The van der Waals surface area contributed by atoms with Crippen molar-refractivity contribution < 1.29 is 9.90 Å². The number of thioether (sulfide) groups is 1. The van der Waals surface area contributed by atoms with Crippen molar-refractivity contribution in [1.82, 2.24) is 5.32 Å². The number of likely N-dealkylation sites (N-methyl/N-ethyl adjacent to an activating group) is 1. The second-order valence-corrected chi connectivity index (χ2v) is 6.29. The van der Waals surface area contributed by atoms with Gasteiger partial charge in [0.2, 0.25) is 0 Å². The van der Waals surface area contributed by atoms with Gasteiger partial charge in [0.05, 0.1) is 0 Å². The van der Waals surface area contributed by atoms with Crippen molar-refractivity contribution in [2.45, 2.75) is 43.5 Å². The standard InChI is InChI=1S/C15H22ClNO2S/c1-3-15(14(18)19,17-4-2)9-6-10-20-13-8-5-7-12(16)11-13/h5,7-8,11,17H,3-4,6,9-10H2,1-2H3,(H,18,19). The molecule has 3 nitrogen and oxygen atoms in total. The van der Waals surface area contributed by atoms with Gasteiger partial charge in [0.1, 0.15) is 5.54 Å². The molecular formula is C15H22ClNO2S. The first-order chi connectivity index (χ1) is 9.54. The average Bonchev–Trinajstić information content (AvgIpc) is 2.42. The summed E-state index contributed by atoms with van der Waals surface area (Å²) < 4.78 is 0. The Bertz CT molecular complexity index is 442. The molecule has 0 bridgehead atoms. The Labute approximate surface area is 130 Å². The third-order valence-corrected chi connectivity index (χ3v) is 4.66. The van der Waals surface area contributed by atoms with Crippen LogP contribution in [-0.4, -0.2) is 28.9 Å². The van der Waals surface area contributed by atoms with Gasteiger partial charge in [-0.05, 0) is 49.8 Å². The number of carboxylic acid groups (broad SMARTS) is 1. The Hall–Kier alpha value is -0.710. The highest BCUT2D eigenvalue weighted by Crippen LogP contribution is 2.25. The fraction of sp³-hybridized carbons (Fsp3) is 0.533. The lowest BCUT2D eigenvalue weighted by molar-refractivity contribution is -0.145. The smallest absolute Gasteiger partial charge is 0.323 e. The van der Waals surface area contributed by atoms with Crippen LogP contribution < -0.4 is 5.32 Å². The molecule has 20 heavy (non-hydrogen) atoms. The number of nitrogens with one attached hydrogen (secondary N) is 1. The van der Waals surface area contributed by atoms with Gasteiger partial charge < -0.3 is 10.4 Å². The molecule has 0 amide bonds. The van der Waals surface area contributed by atoms with E-state index in [9.17, 15) is 9.90 Å². The van der Waals surface area contributed by atoms with Crippen molar-refractivity contribution >= 4 is 29.3 Å². The fourth-order valence-electron chi connectivity index (χ4n) is 2.18. The molecule has 0 aliphatic carbocycles. The van der Waals surface area contributed by atoms with Gasteiger partial charge in [-0.25, -0.2) is 0 Å². The number of rotatable bonds is 9. The lowest BCUT2D eigenvalue weighted by atomic mass is 9.91. The van der Waals surface area contributed by atoms with Gasteiger partial charge in [-0.2, -0.15) is 0 Å². The maximum Gasteiger partial charge on any atom is 0.323 e. The Balaban J connectivity index is 2.47. The van der Waals surface area contributed by atoms with Crippen molar-refractivity contribution in [3.05, 3.63) is 29.3 Å². The molecule has 1 unspecified atom stereocenters. The predicted molar refractivity (Wildman–Crippen MR) is 85.7 cm³/mol. The third-order valence-electron chi connectivity index (χ3n) is 3.34. The molecule has 0 radical (unpaired) electrons. The first-order valence-corrected chi connectivity index (χ1v) is 8.27. The number of halogens is 1. The number of aliphatic carboxylic acids is 1. The fourth-order valence-corrected chi connectivity index (χ4v) is 3.35. The molecule has 0 saturated carbocycles. The van der Waals surface area contributed by atoms with Crippen molar-refractivity contribution in [3.8, 4) is 0 Å². The summed E-state index contributed by atoms with van der Waals surface area (Å²) >= 11 is 7.64. The van der Waals surface area contributed by atoms with Gasteiger partial charge in [0.15, 0.2) is 0 Å². The van der Waals surface area contributed by atoms with Crippen LogP contribution in [-0.2, 0) is 4.79 Å². The van der Waals surface area contributed by atoms with Crippen LogP contribution in [0.25, 0.3) is 0 Å². The summed E-state index contributed by atoms with van der Waals surface area (Å²) in [6.45, 7) is 4.52. The zero-order valence-electron chi connectivity index (χ0n) is 12.0. The topological polar surface area (TPSA) is 49.3 Å². The summed E-state index contributed by atoms with van der Waals surface area (Å²) in [6, 6.07) is 7.73. The number of hydrogen-bond acceptors (Lipinski definition) is 3. The third kappa shape index (κ3) is 5.00. The van der Waals surface area contributed by atoms with E-state index in [1.165, 1.54) is 0 Å². The van der Waals surface area contributed by atoms with E-state index < -0.39 is 11.5 Å². The van der Waals surface area contributed by atoms with E-state index in [4.69, 9.17) is 11.6 Å². The van der Waals surface area contributed by atoms with E-state index in [-0.39, 0.29) is 0 Å². The highest BCUT2D eigenvalue weighted by atomic mass is 35.5. The van der Waals surface area contributed by atoms with Crippen LogP contribution in [0.15, 0.2) is 29.2 Å².